The predicted octanol–water partition coefficient (Wildman–Crippen LogP) is 1.06. The number of amides is 2. The van der Waals surface area contributed by atoms with Gasteiger partial charge in [0.2, 0.25) is 10.0 Å². The lowest BCUT2D eigenvalue weighted by Crippen LogP contribution is -2.48. The van der Waals surface area contributed by atoms with Gasteiger partial charge in [-0.1, -0.05) is 30.3 Å². The number of rotatable bonds is 6. The Hall–Kier alpha value is -3.67. The van der Waals surface area contributed by atoms with Crippen LogP contribution in [0.5, 0.6) is 0 Å². The molecule has 0 atom stereocenters. The van der Waals surface area contributed by atoms with Gasteiger partial charge in [-0.15, -0.1) is 0 Å². The zero-order valence-electron chi connectivity index (χ0n) is 18.3. The number of piperazine rings is 1. The van der Waals surface area contributed by atoms with Crippen molar-refractivity contribution in [1.82, 2.24) is 30.0 Å². The number of nitrogens with zero attached hydrogens (tertiary/aromatic N) is 4. The molecule has 1 saturated heterocycles. The number of carbonyl (C=O) groups is 2. The van der Waals surface area contributed by atoms with Crippen molar-refractivity contribution in [2.45, 2.75) is 11.4 Å². The molecular formula is C23H24N6O4S. The largest absolute Gasteiger partial charge is 0.296 e. The van der Waals surface area contributed by atoms with Crippen LogP contribution in [0.15, 0.2) is 78.1 Å². The van der Waals surface area contributed by atoms with E-state index in [9.17, 15) is 18.0 Å². The zero-order valence-corrected chi connectivity index (χ0v) is 19.1. The maximum Gasteiger partial charge on any atom is 0.289 e. The Kier molecular flexibility index (Phi) is 7.26. The molecule has 10 nitrogen and oxygen atoms in total. The number of hydrazine groups is 1. The summed E-state index contributed by atoms with van der Waals surface area (Å²) in [5.74, 6) is -1.21. The lowest BCUT2D eigenvalue weighted by Gasteiger charge is -2.34. The summed E-state index contributed by atoms with van der Waals surface area (Å²) in [5.41, 5.74) is 5.96. The second-order valence-electron chi connectivity index (χ2n) is 7.69. The smallest absolute Gasteiger partial charge is 0.289 e. The summed E-state index contributed by atoms with van der Waals surface area (Å²) >= 11 is 0. The Morgan fingerprint density at radius 1 is 0.853 bits per heavy atom. The van der Waals surface area contributed by atoms with E-state index in [0.717, 1.165) is 6.54 Å². The van der Waals surface area contributed by atoms with Crippen LogP contribution in [0, 0.1) is 0 Å². The molecular weight excluding hydrogens is 456 g/mol. The van der Waals surface area contributed by atoms with E-state index in [1.807, 2.05) is 18.2 Å². The maximum absolute atomic E-state index is 13.0. The van der Waals surface area contributed by atoms with Crippen LogP contribution in [-0.2, 0) is 16.6 Å². The summed E-state index contributed by atoms with van der Waals surface area (Å²) in [4.78, 5) is 34.2. The molecule has 1 aliphatic heterocycles. The molecule has 2 heterocycles. The van der Waals surface area contributed by atoms with Gasteiger partial charge in [-0.05, 0) is 29.8 Å². The van der Waals surface area contributed by atoms with E-state index >= 15 is 0 Å². The molecule has 0 spiro atoms. The van der Waals surface area contributed by atoms with Crippen molar-refractivity contribution in [1.29, 1.82) is 0 Å². The van der Waals surface area contributed by atoms with E-state index < -0.39 is 21.8 Å². The minimum atomic E-state index is -3.67. The van der Waals surface area contributed by atoms with Crippen molar-refractivity contribution in [2.75, 3.05) is 26.2 Å². The fourth-order valence-corrected chi connectivity index (χ4v) is 4.99. The molecule has 34 heavy (non-hydrogen) atoms. The molecule has 2 N–H and O–H groups in total. The highest BCUT2D eigenvalue weighted by Crippen LogP contribution is 2.19. The molecule has 0 bridgehead atoms. The first-order valence-electron chi connectivity index (χ1n) is 10.7. The van der Waals surface area contributed by atoms with E-state index in [-0.39, 0.29) is 16.2 Å². The zero-order chi connectivity index (χ0) is 24.0. The van der Waals surface area contributed by atoms with Crippen LogP contribution < -0.4 is 10.9 Å². The Labute approximate surface area is 197 Å². The third-order valence-corrected chi connectivity index (χ3v) is 7.33. The second kappa shape index (κ2) is 10.5. The molecule has 0 unspecified atom stereocenters. The molecule has 1 aromatic heterocycles. The van der Waals surface area contributed by atoms with Gasteiger partial charge in [0.05, 0.1) is 11.1 Å². The third kappa shape index (κ3) is 5.63. The minimum Gasteiger partial charge on any atom is -0.296 e. The lowest BCUT2D eigenvalue weighted by atomic mass is 10.2. The summed E-state index contributed by atoms with van der Waals surface area (Å²) in [6.45, 7) is 2.85. The van der Waals surface area contributed by atoms with Gasteiger partial charge in [-0.3, -0.25) is 30.3 Å². The van der Waals surface area contributed by atoms with E-state index in [1.54, 1.807) is 0 Å². The number of aromatic nitrogens is 2. The molecule has 11 heteroatoms. The highest BCUT2D eigenvalue weighted by molar-refractivity contribution is 7.89. The molecule has 0 aliphatic carbocycles. The van der Waals surface area contributed by atoms with Crippen molar-refractivity contribution in [2.24, 2.45) is 0 Å². The Balaban J connectivity index is 1.32. The molecule has 2 aromatic carbocycles. The molecule has 0 saturated carbocycles. The van der Waals surface area contributed by atoms with Gasteiger partial charge in [0.15, 0.2) is 0 Å². The van der Waals surface area contributed by atoms with Gasteiger partial charge in [0.1, 0.15) is 5.69 Å². The van der Waals surface area contributed by atoms with Gasteiger partial charge in [0, 0.05) is 50.7 Å². The number of hydrogen-bond donors (Lipinski definition) is 2. The topological polar surface area (TPSA) is 125 Å². The molecule has 1 aliphatic rings. The molecule has 1 fully saturated rings. The van der Waals surface area contributed by atoms with Gasteiger partial charge in [-0.2, -0.15) is 4.31 Å². The van der Waals surface area contributed by atoms with Crippen molar-refractivity contribution < 1.29 is 18.0 Å². The normalized spacial score (nSPS) is 14.9. The van der Waals surface area contributed by atoms with Crippen LogP contribution in [-0.4, -0.2) is 65.6 Å². The van der Waals surface area contributed by atoms with E-state index in [0.29, 0.717) is 26.2 Å². The average Bonchev–Trinajstić information content (AvgIpc) is 2.88. The SMILES string of the molecule is O=C(NNC(=O)c1cnccn1)c1ccc(S(=O)(=O)N2CCN(Cc3ccccc3)CC2)cc1. The van der Waals surface area contributed by atoms with Crippen molar-refractivity contribution in [3.05, 3.63) is 90.0 Å². The van der Waals surface area contributed by atoms with Crippen LogP contribution in [0.3, 0.4) is 0 Å². The van der Waals surface area contributed by atoms with Crippen molar-refractivity contribution >= 4 is 21.8 Å². The third-order valence-electron chi connectivity index (χ3n) is 5.42. The highest BCUT2D eigenvalue weighted by atomic mass is 32.2. The first-order chi connectivity index (χ1) is 16.4. The Morgan fingerprint density at radius 3 is 2.18 bits per heavy atom. The lowest BCUT2D eigenvalue weighted by molar-refractivity contribution is 0.0843. The number of carbonyl (C=O) groups excluding carboxylic acids is 2. The van der Waals surface area contributed by atoms with Crippen molar-refractivity contribution in [3.63, 3.8) is 0 Å². The molecule has 2 amide bonds. The fraction of sp³-hybridized carbons (Fsp3) is 0.217. The highest BCUT2D eigenvalue weighted by Gasteiger charge is 2.28. The summed E-state index contributed by atoms with van der Waals surface area (Å²) in [6.07, 6.45) is 4.05. The van der Waals surface area contributed by atoms with E-state index in [2.05, 4.69) is 37.9 Å². The number of benzene rings is 2. The van der Waals surface area contributed by atoms with Crippen molar-refractivity contribution in [3.8, 4) is 0 Å². The first-order valence-corrected chi connectivity index (χ1v) is 12.1. The predicted molar refractivity (Wildman–Crippen MR) is 124 cm³/mol. The molecule has 3 aromatic rings. The standard InChI is InChI=1S/C23H24N6O4S/c30-22(26-27-23(31)21-16-24-10-11-25-21)19-6-8-20(9-7-19)34(32,33)29-14-12-28(13-15-29)17-18-4-2-1-3-5-18/h1-11,16H,12-15,17H2,(H,26,30)(H,27,31). The second-order valence-corrected chi connectivity index (χ2v) is 9.63. The number of hydrogen-bond acceptors (Lipinski definition) is 7. The van der Waals surface area contributed by atoms with Gasteiger partial charge in [-0.25, -0.2) is 13.4 Å². The fourth-order valence-electron chi connectivity index (χ4n) is 3.56. The molecule has 4 rings (SSSR count). The summed E-state index contributed by atoms with van der Waals surface area (Å²) in [7, 11) is -3.67. The summed E-state index contributed by atoms with van der Waals surface area (Å²) in [6, 6.07) is 15.7. The van der Waals surface area contributed by atoms with E-state index in [4.69, 9.17) is 0 Å². The summed E-state index contributed by atoms with van der Waals surface area (Å²) in [5, 5.41) is 0. The Bertz CT molecular complexity index is 1230. The number of sulfonamides is 1. The maximum atomic E-state index is 13.0. The number of nitrogens with one attached hydrogen (secondary N) is 2. The van der Waals surface area contributed by atoms with Gasteiger partial charge in [0.25, 0.3) is 11.8 Å². The quantitative estimate of drug-likeness (QED) is 0.506. The molecule has 176 valence electrons. The monoisotopic (exact) mass is 480 g/mol. The minimum absolute atomic E-state index is 0.0492. The first kappa shape index (κ1) is 23.5. The summed E-state index contributed by atoms with van der Waals surface area (Å²) < 4.78 is 27.5. The van der Waals surface area contributed by atoms with Gasteiger partial charge < -0.3 is 0 Å². The van der Waals surface area contributed by atoms with E-state index in [1.165, 1.54) is 52.7 Å². The van der Waals surface area contributed by atoms with Crippen LogP contribution in [0.25, 0.3) is 0 Å². The van der Waals surface area contributed by atoms with Gasteiger partial charge >= 0.3 is 0 Å². The van der Waals surface area contributed by atoms with Crippen LogP contribution >= 0.6 is 0 Å². The van der Waals surface area contributed by atoms with Crippen LogP contribution in [0.2, 0.25) is 0 Å². The average molecular weight is 481 g/mol. The Morgan fingerprint density at radius 2 is 1.53 bits per heavy atom. The molecule has 0 radical (unpaired) electrons. The van der Waals surface area contributed by atoms with Crippen LogP contribution in [0.4, 0.5) is 0 Å². The van der Waals surface area contributed by atoms with Crippen LogP contribution in [0.1, 0.15) is 26.4 Å².